The van der Waals surface area contributed by atoms with Crippen molar-refractivity contribution in [3.05, 3.63) is 76.7 Å². The largest absolute Gasteiger partial charge is 0.495 e. The van der Waals surface area contributed by atoms with Crippen molar-refractivity contribution < 1.29 is 14.3 Å². The van der Waals surface area contributed by atoms with Crippen LogP contribution in [0, 0.1) is 13.8 Å². The summed E-state index contributed by atoms with van der Waals surface area (Å²) in [6.45, 7) is 7.43. The molecule has 0 aliphatic carbocycles. The lowest BCUT2D eigenvalue weighted by molar-refractivity contribution is -0.111. The second kappa shape index (κ2) is 10.4. The summed E-state index contributed by atoms with van der Waals surface area (Å²) in [6.07, 6.45) is 6.37. The molecule has 0 saturated heterocycles. The number of aromatic nitrogens is 4. The fraction of sp³-hybridized carbons (Fsp3) is 0.143. The molecule has 0 atom stereocenters. The summed E-state index contributed by atoms with van der Waals surface area (Å²) in [6, 6.07) is 7.38. The molecule has 1 amide bonds. The molecule has 0 spiro atoms. The van der Waals surface area contributed by atoms with E-state index < -0.39 is 0 Å². The van der Waals surface area contributed by atoms with Gasteiger partial charge in [-0.05, 0) is 43.2 Å². The van der Waals surface area contributed by atoms with Gasteiger partial charge >= 0.3 is 0 Å². The quantitative estimate of drug-likeness (QED) is 0.211. The van der Waals surface area contributed by atoms with E-state index in [2.05, 4.69) is 27.2 Å². The number of pyridine rings is 1. The zero-order chi connectivity index (χ0) is 27.8. The van der Waals surface area contributed by atoms with Gasteiger partial charge in [0.05, 0.1) is 35.6 Å². The van der Waals surface area contributed by atoms with Crippen molar-refractivity contribution >= 4 is 63.1 Å². The van der Waals surface area contributed by atoms with Crippen molar-refractivity contribution in [2.75, 3.05) is 24.9 Å². The number of nitrogens with zero attached hydrogens (tertiary/aromatic N) is 4. The third-order valence-electron chi connectivity index (χ3n) is 6.21. The van der Waals surface area contributed by atoms with Gasteiger partial charge in [-0.3, -0.25) is 9.20 Å². The summed E-state index contributed by atoms with van der Waals surface area (Å²) in [5, 5.41) is 7.48. The molecule has 11 heteroatoms. The Morgan fingerprint density at radius 1 is 1.03 bits per heavy atom. The highest BCUT2D eigenvalue weighted by Gasteiger charge is 2.23. The number of carbonyl (C=O) groups is 1. The van der Waals surface area contributed by atoms with Crippen LogP contribution in [-0.4, -0.2) is 39.5 Å². The zero-order valence-electron chi connectivity index (χ0n) is 21.6. The minimum absolute atomic E-state index is 0.318. The fourth-order valence-electron chi connectivity index (χ4n) is 4.46. The van der Waals surface area contributed by atoms with Crippen LogP contribution in [0.25, 0.3) is 27.8 Å². The minimum atomic E-state index is -0.318. The number of imidazole rings is 1. The van der Waals surface area contributed by atoms with E-state index in [0.29, 0.717) is 61.3 Å². The summed E-state index contributed by atoms with van der Waals surface area (Å²) < 4.78 is 12.7. The number of aryl methyl sites for hydroxylation is 2. The highest BCUT2D eigenvalue weighted by Crippen LogP contribution is 2.47. The van der Waals surface area contributed by atoms with Crippen LogP contribution >= 0.6 is 23.2 Å². The number of anilines is 3. The van der Waals surface area contributed by atoms with Crippen molar-refractivity contribution in [3.63, 3.8) is 0 Å². The van der Waals surface area contributed by atoms with E-state index in [1.807, 2.05) is 36.4 Å². The Balaban J connectivity index is 1.66. The van der Waals surface area contributed by atoms with Crippen molar-refractivity contribution in [2.45, 2.75) is 13.8 Å². The van der Waals surface area contributed by atoms with Gasteiger partial charge in [0.1, 0.15) is 17.1 Å². The Bertz CT molecular complexity index is 1760. The number of nitrogens with one attached hydrogen (secondary N) is 2. The van der Waals surface area contributed by atoms with E-state index >= 15 is 0 Å². The number of ether oxygens (including phenoxy) is 2. The third kappa shape index (κ3) is 4.71. The van der Waals surface area contributed by atoms with Crippen LogP contribution in [0.15, 0.2) is 55.5 Å². The molecule has 2 N–H and O–H groups in total. The maximum atomic E-state index is 12.0. The van der Waals surface area contributed by atoms with E-state index in [0.717, 1.165) is 16.5 Å². The zero-order valence-corrected chi connectivity index (χ0v) is 23.1. The number of amides is 1. The fourth-order valence-corrected chi connectivity index (χ4v) is 5.17. The Morgan fingerprint density at radius 2 is 1.74 bits per heavy atom. The molecule has 0 bridgehead atoms. The molecule has 3 heterocycles. The lowest BCUT2D eigenvalue weighted by atomic mass is 10.0. The minimum Gasteiger partial charge on any atom is -0.495 e. The first-order chi connectivity index (χ1) is 18.7. The van der Waals surface area contributed by atoms with E-state index in [1.54, 1.807) is 24.7 Å². The van der Waals surface area contributed by atoms with Crippen LogP contribution in [0.3, 0.4) is 0 Å². The lowest BCUT2D eigenvalue weighted by Crippen LogP contribution is -2.11. The number of halogens is 2. The number of methoxy groups -OCH3 is 2. The monoisotopic (exact) mass is 562 g/mol. The van der Waals surface area contributed by atoms with Crippen LogP contribution in [0.2, 0.25) is 10.0 Å². The van der Waals surface area contributed by atoms with Crippen molar-refractivity contribution in [1.29, 1.82) is 0 Å². The van der Waals surface area contributed by atoms with Crippen molar-refractivity contribution in [1.82, 2.24) is 19.4 Å². The smallest absolute Gasteiger partial charge is 0.247 e. The maximum Gasteiger partial charge on any atom is 0.247 e. The van der Waals surface area contributed by atoms with Gasteiger partial charge in [0.2, 0.25) is 11.9 Å². The second-order valence-electron chi connectivity index (χ2n) is 8.76. The molecule has 0 unspecified atom stereocenters. The SMILES string of the molecule is C=CC(=O)Nc1cc(C)cc(C)c1Nc1ncc2cc(-c3c(Cl)c(OC)cc(OC)c3Cl)c3nccn3c2n1. The van der Waals surface area contributed by atoms with Crippen LogP contribution in [0.5, 0.6) is 11.5 Å². The lowest BCUT2D eigenvalue weighted by Gasteiger charge is -2.17. The second-order valence-corrected chi connectivity index (χ2v) is 9.51. The molecule has 0 aliphatic rings. The summed E-state index contributed by atoms with van der Waals surface area (Å²) in [5.41, 5.74) is 5.55. The van der Waals surface area contributed by atoms with E-state index in [4.69, 9.17) is 37.7 Å². The van der Waals surface area contributed by atoms with Crippen LogP contribution in [0.4, 0.5) is 17.3 Å². The molecule has 0 aliphatic heterocycles. The third-order valence-corrected chi connectivity index (χ3v) is 6.96. The summed E-state index contributed by atoms with van der Waals surface area (Å²) in [5.74, 6) is 0.856. The van der Waals surface area contributed by atoms with Crippen LogP contribution in [0.1, 0.15) is 11.1 Å². The first-order valence-corrected chi connectivity index (χ1v) is 12.6. The van der Waals surface area contributed by atoms with Gasteiger partial charge in [0, 0.05) is 41.2 Å². The van der Waals surface area contributed by atoms with Gasteiger partial charge in [0.25, 0.3) is 0 Å². The van der Waals surface area contributed by atoms with E-state index in [9.17, 15) is 4.79 Å². The van der Waals surface area contributed by atoms with Gasteiger partial charge in [-0.2, -0.15) is 4.98 Å². The summed E-state index contributed by atoms with van der Waals surface area (Å²) >= 11 is 13.4. The summed E-state index contributed by atoms with van der Waals surface area (Å²) in [4.78, 5) is 25.9. The topological polar surface area (TPSA) is 103 Å². The molecule has 5 aromatic rings. The molecule has 39 heavy (non-hydrogen) atoms. The molecule has 0 saturated carbocycles. The predicted molar refractivity (Wildman–Crippen MR) is 155 cm³/mol. The molecular weight excluding hydrogens is 539 g/mol. The maximum absolute atomic E-state index is 12.0. The van der Waals surface area contributed by atoms with Crippen LogP contribution in [-0.2, 0) is 4.79 Å². The predicted octanol–water partition coefficient (Wildman–Crippen LogP) is 6.75. The Kier molecular flexibility index (Phi) is 7.03. The highest BCUT2D eigenvalue weighted by atomic mass is 35.5. The van der Waals surface area contributed by atoms with Crippen LogP contribution < -0.4 is 20.1 Å². The standard InChI is InChI=1S/C28H24Cl2N6O3/c1-6-21(37)33-18-10-14(2)9-15(3)25(18)34-28-32-13-16-11-17(27-31-7-8-36(27)26(16)35-28)22-23(29)19(38-4)12-20(39-5)24(22)30/h6-13H,1H2,2-5H3,(H,33,37)(H,32,34,35). The molecule has 9 nitrogen and oxygen atoms in total. The normalized spacial score (nSPS) is 11.0. The van der Waals surface area contributed by atoms with Crippen molar-refractivity contribution in [2.24, 2.45) is 0 Å². The highest BCUT2D eigenvalue weighted by molar-refractivity contribution is 6.41. The van der Waals surface area contributed by atoms with Gasteiger partial charge in [-0.15, -0.1) is 0 Å². The van der Waals surface area contributed by atoms with Gasteiger partial charge in [-0.25, -0.2) is 9.97 Å². The number of carbonyl (C=O) groups excluding carboxylic acids is 1. The van der Waals surface area contributed by atoms with Gasteiger partial charge < -0.3 is 20.1 Å². The number of rotatable bonds is 7. The number of hydrogen-bond acceptors (Lipinski definition) is 7. The molecule has 3 aromatic heterocycles. The number of hydrogen-bond donors (Lipinski definition) is 2. The van der Waals surface area contributed by atoms with E-state index in [-0.39, 0.29) is 5.91 Å². The number of fused-ring (bicyclic) bond motifs is 3. The number of benzene rings is 2. The Labute approximate surface area is 234 Å². The molecule has 198 valence electrons. The van der Waals surface area contributed by atoms with E-state index in [1.165, 1.54) is 20.3 Å². The van der Waals surface area contributed by atoms with Gasteiger partial charge in [0.15, 0.2) is 5.65 Å². The molecule has 0 fully saturated rings. The molecule has 2 aromatic carbocycles. The molecule has 5 rings (SSSR count). The first-order valence-electron chi connectivity index (χ1n) is 11.8. The molecule has 0 radical (unpaired) electrons. The van der Waals surface area contributed by atoms with Gasteiger partial charge in [-0.1, -0.05) is 35.8 Å². The van der Waals surface area contributed by atoms with Crippen molar-refractivity contribution in [3.8, 4) is 22.6 Å². The first kappa shape index (κ1) is 26.3. The Morgan fingerprint density at radius 3 is 2.41 bits per heavy atom. The average molecular weight is 563 g/mol. The average Bonchev–Trinajstić information content (AvgIpc) is 3.41. The Hall–Kier alpha value is -4.34. The molecular formula is C28H24Cl2N6O3. The summed E-state index contributed by atoms with van der Waals surface area (Å²) in [7, 11) is 3.05.